The van der Waals surface area contributed by atoms with Gasteiger partial charge in [-0.05, 0) is 31.7 Å². The van der Waals surface area contributed by atoms with Gasteiger partial charge in [0.15, 0.2) is 0 Å². The summed E-state index contributed by atoms with van der Waals surface area (Å²) in [5.41, 5.74) is 10.0. The fourth-order valence-electron chi connectivity index (χ4n) is 3.17. The number of nitrogens with zero attached hydrogens (tertiary/aromatic N) is 2. The van der Waals surface area contributed by atoms with Crippen LogP contribution in [0, 0.1) is 12.8 Å². The third-order valence-electron chi connectivity index (χ3n) is 4.53. The lowest BCUT2D eigenvalue weighted by atomic mass is 10.1. The van der Waals surface area contributed by atoms with Crippen molar-refractivity contribution in [2.75, 3.05) is 0 Å². The number of nitrogens with two attached hydrogens (primary N) is 1. The zero-order chi connectivity index (χ0) is 16.2. The molecule has 1 aromatic carbocycles. The molecule has 1 aromatic heterocycles. The third kappa shape index (κ3) is 4.56. The topological polar surface area (TPSA) is 59.2 Å². The van der Waals surface area contributed by atoms with Crippen LogP contribution in [0.1, 0.15) is 35.4 Å². The summed E-state index contributed by atoms with van der Waals surface area (Å²) in [4.78, 5) is 20.4. The maximum absolute atomic E-state index is 13.0. The quantitative estimate of drug-likeness (QED) is 0.881. The highest BCUT2D eigenvalue weighted by Gasteiger charge is 2.31. The second-order valence-corrected chi connectivity index (χ2v) is 7.25. The molecule has 130 valence electrons. The van der Waals surface area contributed by atoms with Gasteiger partial charge in [0.2, 0.25) is 5.91 Å². The van der Waals surface area contributed by atoms with Crippen LogP contribution in [-0.4, -0.2) is 21.8 Å². The Kier molecular flexibility index (Phi) is 6.78. The molecule has 3 rings (SSSR count). The molecule has 2 aromatic rings. The van der Waals surface area contributed by atoms with Gasteiger partial charge in [-0.2, -0.15) is 0 Å². The minimum atomic E-state index is 0. The molecule has 0 spiro atoms. The van der Waals surface area contributed by atoms with E-state index in [9.17, 15) is 4.79 Å². The number of amides is 1. The molecule has 1 aliphatic rings. The van der Waals surface area contributed by atoms with Crippen molar-refractivity contribution in [1.29, 1.82) is 0 Å². The number of carbonyl (C=O) groups is 1. The number of aryl methyl sites for hydroxylation is 1. The van der Waals surface area contributed by atoms with E-state index in [0.717, 1.165) is 35.4 Å². The molecule has 1 aliphatic carbocycles. The smallest absolute Gasteiger partial charge is 0.226 e. The normalized spacial score (nSPS) is 19.8. The van der Waals surface area contributed by atoms with E-state index in [0.29, 0.717) is 13.1 Å². The fourth-order valence-corrected chi connectivity index (χ4v) is 3.96. The van der Waals surface area contributed by atoms with E-state index >= 15 is 0 Å². The number of halogens is 1. The summed E-state index contributed by atoms with van der Waals surface area (Å²) in [6.45, 7) is 3.28. The fraction of sp³-hybridized carbons (Fsp3) is 0.444. The van der Waals surface area contributed by atoms with Gasteiger partial charge in [-0.15, -0.1) is 23.7 Å². The van der Waals surface area contributed by atoms with Gasteiger partial charge in [0, 0.05) is 23.4 Å². The first-order valence-electron chi connectivity index (χ1n) is 8.10. The predicted octanol–water partition coefficient (Wildman–Crippen LogP) is 3.53. The average Bonchev–Trinajstić information content (AvgIpc) is 3.16. The molecule has 0 radical (unpaired) electrons. The van der Waals surface area contributed by atoms with Crippen molar-refractivity contribution in [3.05, 3.63) is 52.0 Å². The summed E-state index contributed by atoms with van der Waals surface area (Å²) in [6.07, 6.45) is 2.67. The summed E-state index contributed by atoms with van der Waals surface area (Å²) >= 11 is 1.62. The van der Waals surface area contributed by atoms with Gasteiger partial charge in [0.05, 0.1) is 17.7 Å². The van der Waals surface area contributed by atoms with Crippen molar-refractivity contribution < 1.29 is 4.79 Å². The van der Waals surface area contributed by atoms with Crippen LogP contribution in [0.5, 0.6) is 0 Å². The second kappa shape index (κ2) is 8.60. The molecular weight excluding hydrogens is 342 g/mol. The zero-order valence-electron chi connectivity index (χ0n) is 13.9. The Morgan fingerprint density at radius 2 is 2.04 bits per heavy atom. The molecule has 0 unspecified atom stereocenters. The number of benzene rings is 1. The molecule has 6 heteroatoms. The van der Waals surface area contributed by atoms with E-state index in [1.165, 1.54) is 0 Å². The maximum Gasteiger partial charge on any atom is 0.226 e. The van der Waals surface area contributed by atoms with Crippen LogP contribution in [0.3, 0.4) is 0 Å². The SMILES string of the molecule is Cc1ncsc1CN(Cc1ccccc1)C(=O)[C@H]1CC[C@@H](N)C1.Cl. The van der Waals surface area contributed by atoms with Crippen molar-refractivity contribution in [2.24, 2.45) is 11.7 Å². The Bertz CT molecular complexity index is 661. The molecular formula is C18H24ClN3OS. The van der Waals surface area contributed by atoms with Crippen molar-refractivity contribution in [3.63, 3.8) is 0 Å². The molecule has 0 saturated heterocycles. The number of thiazole rings is 1. The molecule has 0 aliphatic heterocycles. The Balaban J connectivity index is 0.00000208. The largest absolute Gasteiger partial charge is 0.333 e. The van der Waals surface area contributed by atoms with Crippen molar-refractivity contribution in [1.82, 2.24) is 9.88 Å². The predicted molar refractivity (Wildman–Crippen MR) is 100 cm³/mol. The Hall–Kier alpha value is -1.43. The van der Waals surface area contributed by atoms with Gasteiger partial charge < -0.3 is 10.6 Å². The van der Waals surface area contributed by atoms with Crippen molar-refractivity contribution in [3.8, 4) is 0 Å². The third-order valence-corrected chi connectivity index (χ3v) is 5.45. The standard InChI is InChI=1S/C18H23N3OS.ClH/c1-13-17(23-12-20-13)11-21(10-14-5-3-2-4-6-14)18(22)15-7-8-16(19)9-15;/h2-6,12,15-16H,7-11,19H2,1H3;1H/t15-,16+;/m0./s1. The number of rotatable bonds is 5. The van der Waals surface area contributed by atoms with E-state index < -0.39 is 0 Å². The number of hydrogen-bond donors (Lipinski definition) is 1. The summed E-state index contributed by atoms with van der Waals surface area (Å²) in [5.74, 6) is 0.302. The first kappa shape index (κ1) is 18.9. The minimum absolute atomic E-state index is 0. The number of aromatic nitrogens is 1. The highest BCUT2D eigenvalue weighted by atomic mass is 35.5. The van der Waals surface area contributed by atoms with E-state index in [1.807, 2.05) is 35.5 Å². The first-order valence-corrected chi connectivity index (χ1v) is 8.98. The molecule has 1 fully saturated rings. The summed E-state index contributed by atoms with van der Waals surface area (Å²) in [5, 5.41) is 0. The van der Waals surface area contributed by atoms with E-state index in [1.54, 1.807) is 11.3 Å². The average molecular weight is 366 g/mol. The van der Waals surface area contributed by atoms with Gasteiger partial charge in [-0.25, -0.2) is 4.98 Å². The van der Waals surface area contributed by atoms with Gasteiger partial charge in [-0.3, -0.25) is 4.79 Å². The van der Waals surface area contributed by atoms with Crippen molar-refractivity contribution >= 4 is 29.7 Å². The molecule has 1 saturated carbocycles. The zero-order valence-corrected chi connectivity index (χ0v) is 15.5. The summed E-state index contributed by atoms with van der Waals surface area (Å²) in [6, 6.07) is 10.3. The highest BCUT2D eigenvalue weighted by molar-refractivity contribution is 7.09. The Morgan fingerprint density at radius 3 is 2.62 bits per heavy atom. The van der Waals surface area contributed by atoms with E-state index in [-0.39, 0.29) is 30.3 Å². The number of hydrogen-bond acceptors (Lipinski definition) is 4. The summed E-state index contributed by atoms with van der Waals surface area (Å²) < 4.78 is 0. The van der Waals surface area contributed by atoms with Crippen LogP contribution in [0.2, 0.25) is 0 Å². The minimum Gasteiger partial charge on any atom is -0.333 e. The van der Waals surface area contributed by atoms with Crippen LogP contribution in [-0.2, 0) is 17.9 Å². The maximum atomic E-state index is 13.0. The van der Waals surface area contributed by atoms with Crippen LogP contribution >= 0.6 is 23.7 Å². The van der Waals surface area contributed by atoms with Crippen LogP contribution < -0.4 is 5.73 Å². The molecule has 24 heavy (non-hydrogen) atoms. The molecule has 1 heterocycles. The van der Waals surface area contributed by atoms with Gasteiger partial charge in [-0.1, -0.05) is 30.3 Å². The second-order valence-electron chi connectivity index (χ2n) is 6.31. The van der Waals surface area contributed by atoms with Crippen LogP contribution in [0.4, 0.5) is 0 Å². The molecule has 0 bridgehead atoms. The van der Waals surface area contributed by atoms with E-state index in [4.69, 9.17) is 5.73 Å². The van der Waals surface area contributed by atoms with Crippen molar-refractivity contribution in [2.45, 2.75) is 45.3 Å². The molecule has 4 nitrogen and oxygen atoms in total. The molecule has 2 N–H and O–H groups in total. The van der Waals surface area contributed by atoms with Gasteiger partial charge in [0.25, 0.3) is 0 Å². The summed E-state index contributed by atoms with van der Waals surface area (Å²) in [7, 11) is 0. The van der Waals surface area contributed by atoms with Crippen LogP contribution in [0.15, 0.2) is 35.8 Å². The monoisotopic (exact) mass is 365 g/mol. The van der Waals surface area contributed by atoms with Gasteiger partial charge >= 0.3 is 0 Å². The lowest BCUT2D eigenvalue weighted by Crippen LogP contribution is -2.35. The number of carbonyl (C=O) groups excluding carboxylic acids is 1. The Morgan fingerprint density at radius 1 is 1.29 bits per heavy atom. The lowest BCUT2D eigenvalue weighted by Gasteiger charge is -2.25. The van der Waals surface area contributed by atoms with Crippen LogP contribution in [0.25, 0.3) is 0 Å². The van der Waals surface area contributed by atoms with E-state index in [2.05, 4.69) is 17.1 Å². The lowest BCUT2D eigenvalue weighted by molar-refractivity contribution is -0.136. The Labute approximate surface area is 153 Å². The van der Waals surface area contributed by atoms with Gasteiger partial charge in [0.1, 0.15) is 0 Å². The highest BCUT2D eigenvalue weighted by Crippen LogP contribution is 2.28. The first-order chi connectivity index (χ1) is 11.1. The molecule has 2 atom stereocenters. The molecule has 1 amide bonds.